The molecule has 0 N–H and O–H groups in total. The van der Waals surface area contributed by atoms with Gasteiger partial charge >= 0.3 is 0 Å². The van der Waals surface area contributed by atoms with Gasteiger partial charge in [0.1, 0.15) is 12.2 Å². The van der Waals surface area contributed by atoms with Crippen LogP contribution in [-0.2, 0) is 13.5 Å². The normalized spacial score (nSPS) is 9.75. The van der Waals surface area contributed by atoms with E-state index in [2.05, 4.69) is 17.0 Å². The molecule has 0 aliphatic heterocycles. The summed E-state index contributed by atoms with van der Waals surface area (Å²) in [7, 11) is 1.85. The first-order chi connectivity index (χ1) is 3.84. The quantitative estimate of drug-likeness (QED) is 0.516. The molecule has 0 aromatic carbocycles. The Bertz CT molecular complexity index is 168. The van der Waals surface area contributed by atoms with Crippen molar-refractivity contribution < 1.29 is 0 Å². The number of aromatic nitrogens is 3. The highest BCUT2D eigenvalue weighted by Gasteiger charge is 1.92. The van der Waals surface area contributed by atoms with Gasteiger partial charge in [-0.15, -0.1) is 0 Å². The van der Waals surface area contributed by atoms with Crippen LogP contribution in [0.2, 0.25) is 0 Å². The van der Waals surface area contributed by atoms with Gasteiger partial charge in [-0.05, 0) is 6.92 Å². The van der Waals surface area contributed by atoms with E-state index >= 15 is 0 Å². The predicted octanol–water partition coefficient (Wildman–Crippen LogP) is 0.192. The van der Waals surface area contributed by atoms with Gasteiger partial charge in [-0.25, -0.2) is 4.98 Å². The standard InChI is InChI=1S/C5H8N3/c1-3-5-6-4-7-8(5)2/h4H,1,3H2,2H3. The lowest BCUT2D eigenvalue weighted by molar-refractivity contribution is 0.719. The van der Waals surface area contributed by atoms with Gasteiger partial charge in [0.2, 0.25) is 0 Å². The largest absolute Gasteiger partial charge is 0.253 e. The number of aryl methyl sites for hydroxylation is 1. The summed E-state index contributed by atoms with van der Waals surface area (Å²) in [6, 6.07) is 0. The van der Waals surface area contributed by atoms with Crippen molar-refractivity contribution in [1.82, 2.24) is 14.8 Å². The third-order valence-corrected chi connectivity index (χ3v) is 1.03. The first-order valence-electron chi connectivity index (χ1n) is 2.46. The lowest BCUT2D eigenvalue weighted by Gasteiger charge is -1.90. The second-order valence-corrected chi connectivity index (χ2v) is 1.55. The minimum absolute atomic E-state index is 0.705. The highest BCUT2D eigenvalue weighted by atomic mass is 15.3. The molecule has 3 heteroatoms. The number of nitrogens with zero attached hydrogens (tertiary/aromatic N) is 3. The molecule has 0 fully saturated rings. The van der Waals surface area contributed by atoms with Crippen molar-refractivity contribution >= 4 is 0 Å². The Labute approximate surface area is 48.4 Å². The van der Waals surface area contributed by atoms with Crippen LogP contribution in [0.5, 0.6) is 0 Å². The zero-order valence-corrected chi connectivity index (χ0v) is 4.83. The zero-order valence-electron chi connectivity index (χ0n) is 4.83. The first kappa shape index (κ1) is 5.28. The molecule has 0 aliphatic rings. The predicted molar refractivity (Wildman–Crippen MR) is 30.1 cm³/mol. The average Bonchev–Trinajstić information content (AvgIpc) is 2.14. The van der Waals surface area contributed by atoms with E-state index in [1.807, 2.05) is 7.05 Å². The minimum atomic E-state index is 0.705. The molecule has 0 spiro atoms. The molecule has 1 heterocycles. The number of rotatable bonds is 1. The van der Waals surface area contributed by atoms with Crippen molar-refractivity contribution in [1.29, 1.82) is 0 Å². The van der Waals surface area contributed by atoms with Gasteiger partial charge < -0.3 is 0 Å². The highest BCUT2D eigenvalue weighted by Crippen LogP contribution is 1.88. The zero-order chi connectivity index (χ0) is 5.98. The molecule has 0 amide bonds. The van der Waals surface area contributed by atoms with Crippen molar-refractivity contribution in [2.75, 3.05) is 0 Å². The van der Waals surface area contributed by atoms with Gasteiger partial charge in [-0.1, -0.05) is 0 Å². The highest BCUT2D eigenvalue weighted by molar-refractivity contribution is 4.83. The SMILES string of the molecule is [CH2]Cc1ncnn1C. The molecule has 0 saturated heterocycles. The molecule has 1 radical (unpaired) electrons. The van der Waals surface area contributed by atoms with Crippen LogP contribution in [0.3, 0.4) is 0 Å². The fourth-order valence-electron chi connectivity index (χ4n) is 0.546. The van der Waals surface area contributed by atoms with E-state index in [1.54, 1.807) is 4.68 Å². The van der Waals surface area contributed by atoms with E-state index in [9.17, 15) is 0 Å². The van der Waals surface area contributed by atoms with E-state index in [0.29, 0.717) is 6.42 Å². The second-order valence-electron chi connectivity index (χ2n) is 1.55. The van der Waals surface area contributed by atoms with Crippen LogP contribution in [0.15, 0.2) is 6.33 Å². The molecule has 0 saturated carbocycles. The maximum atomic E-state index is 3.92. The summed E-state index contributed by atoms with van der Waals surface area (Å²) < 4.78 is 1.72. The van der Waals surface area contributed by atoms with E-state index in [1.165, 1.54) is 6.33 Å². The van der Waals surface area contributed by atoms with Crippen molar-refractivity contribution in [2.24, 2.45) is 7.05 Å². The molecule has 8 heavy (non-hydrogen) atoms. The smallest absolute Gasteiger partial charge is 0.138 e. The first-order valence-corrected chi connectivity index (χ1v) is 2.46. The minimum Gasteiger partial charge on any atom is -0.253 e. The van der Waals surface area contributed by atoms with E-state index in [-0.39, 0.29) is 0 Å². The maximum Gasteiger partial charge on any atom is 0.138 e. The molecule has 1 aromatic rings. The Morgan fingerprint density at radius 3 is 2.88 bits per heavy atom. The fraction of sp³-hybridized carbons (Fsp3) is 0.400. The van der Waals surface area contributed by atoms with Gasteiger partial charge in [0.15, 0.2) is 0 Å². The number of hydrogen-bond donors (Lipinski definition) is 0. The summed E-state index contributed by atoms with van der Waals surface area (Å²) >= 11 is 0. The van der Waals surface area contributed by atoms with Crippen LogP contribution in [0.25, 0.3) is 0 Å². The molecule has 0 unspecified atom stereocenters. The van der Waals surface area contributed by atoms with Crippen molar-refractivity contribution in [3.8, 4) is 0 Å². The molecule has 0 bridgehead atoms. The number of hydrogen-bond acceptors (Lipinski definition) is 2. The summed E-state index contributed by atoms with van der Waals surface area (Å²) in [6.45, 7) is 3.67. The summed E-state index contributed by atoms with van der Waals surface area (Å²) in [6.07, 6.45) is 2.23. The summed E-state index contributed by atoms with van der Waals surface area (Å²) in [5, 5.41) is 3.85. The molecule has 3 nitrogen and oxygen atoms in total. The van der Waals surface area contributed by atoms with Gasteiger partial charge in [0, 0.05) is 13.5 Å². The summed E-state index contributed by atoms with van der Waals surface area (Å²) in [4.78, 5) is 3.92. The lowest BCUT2D eigenvalue weighted by atomic mass is 10.5. The Balaban J connectivity index is 2.92. The Morgan fingerprint density at radius 2 is 2.62 bits per heavy atom. The Hall–Kier alpha value is -0.860. The Morgan fingerprint density at radius 1 is 1.88 bits per heavy atom. The molecule has 0 atom stereocenters. The lowest BCUT2D eigenvalue weighted by Crippen LogP contribution is -1.96. The average molecular weight is 110 g/mol. The molecular formula is C5H8N3. The molecule has 1 rings (SSSR count). The van der Waals surface area contributed by atoms with Crippen LogP contribution in [0, 0.1) is 6.92 Å². The van der Waals surface area contributed by atoms with Crippen molar-refractivity contribution in [3.63, 3.8) is 0 Å². The fourth-order valence-corrected chi connectivity index (χ4v) is 0.546. The van der Waals surface area contributed by atoms with E-state index < -0.39 is 0 Å². The monoisotopic (exact) mass is 110 g/mol. The summed E-state index contributed by atoms with van der Waals surface area (Å²) in [5.74, 6) is 0.921. The van der Waals surface area contributed by atoms with Crippen molar-refractivity contribution in [2.45, 2.75) is 6.42 Å². The molecule has 0 aliphatic carbocycles. The van der Waals surface area contributed by atoms with E-state index in [0.717, 1.165) is 5.82 Å². The molecule has 43 valence electrons. The van der Waals surface area contributed by atoms with Crippen LogP contribution < -0.4 is 0 Å². The third-order valence-electron chi connectivity index (χ3n) is 1.03. The molecule has 1 aromatic heterocycles. The summed E-state index contributed by atoms with van der Waals surface area (Å²) in [5.41, 5.74) is 0. The molecular weight excluding hydrogens is 102 g/mol. The topological polar surface area (TPSA) is 30.7 Å². The van der Waals surface area contributed by atoms with Gasteiger partial charge in [0.25, 0.3) is 0 Å². The van der Waals surface area contributed by atoms with Crippen LogP contribution in [0.1, 0.15) is 5.82 Å². The van der Waals surface area contributed by atoms with Gasteiger partial charge in [-0.2, -0.15) is 5.10 Å². The Kier molecular flexibility index (Phi) is 1.28. The van der Waals surface area contributed by atoms with Gasteiger partial charge in [0.05, 0.1) is 0 Å². The van der Waals surface area contributed by atoms with Gasteiger partial charge in [-0.3, -0.25) is 4.68 Å². The van der Waals surface area contributed by atoms with E-state index in [4.69, 9.17) is 0 Å². The maximum absolute atomic E-state index is 3.92. The third kappa shape index (κ3) is 0.710. The van der Waals surface area contributed by atoms with Crippen LogP contribution >= 0.6 is 0 Å². The van der Waals surface area contributed by atoms with Crippen LogP contribution in [-0.4, -0.2) is 14.8 Å². The van der Waals surface area contributed by atoms with Crippen LogP contribution in [0.4, 0.5) is 0 Å². The second kappa shape index (κ2) is 1.94. The van der Waals surface area contributed by atoms with Crippen molar-refractivity contribution in [3.05, 3.63) is 19.1 Å².